The summed E-state index contributed by atoms with van der Waals surface area (Å²) in [7, 11) is -5.53. The zero-order chi connectivity index (χ0) is 11.5. The number of halogens is 3. The monoisotopic (exact) mass is 258 g/mol. The molecule has 3 nitrogen and oxygen atoms in total. The van der Waals surface area contributed by atoms with E-state index >= 15 is 0 Å². The number of benzene rings is 1. The Kier molecular flexibility index (Phi) is 3.63. The van der Waals surface area contributed by atoms with Crippen molar-refractivity contribution in [3.8, 4) is 0 Å². The van der Waals surface area contributed by atoms with Gasteiger partial charge in [-0.2, -0.15) is 25.2 Å². The SMILES string of the molecule is O=S(=O)(OSc1ccccc1)C(F)(F)F. The molecule has 0 aliphatic heterocycles. The molecule has 1 aromatic carbocycles. The maximum absolute atomic E-state index is 11.8. The smallest absolute Gasteiger partial charge is 0.189 e. The van der Waals surface area contributed by atoms with E-state index in [1.54, 1.807) is 18.2 Å². The van der Waals surface area contributed by atoms with Crippen molar-refractivity contribution in [2.45, 2.75) is 10.4 Å². The Labute approximate surface area is 88.6 Å². The van der Waals surface area contributed by atoms with E-state index < -0.39 is 15.6 Å². The maximum Gasteiger partial charge on any atom is 0.524 e. The van der Waals surface area contributed by atoms with Crippen molar-refractivity contribution in [2.75, 3.05) is 0 Å². The molecular weight excluding hydrogens is 253 g/mol. The quantitative estimate of drug-likeness (QED) is 0.617. The van der Waals surface area contributed by atoms with Crippen LogP contribution in [0, 0.1) is 0 Å². The van der Waals surface area contributed by atoms with E-state index in [2.05, 4.69) is 3.63 Å². The van der Waals surface area contributed by atoms with Gasteiger partial charge < -0.3 is 0 Å². The predicted molar refractivity (Wildman–Crippen MR) is 48.4 cm³/mol. The van der Waals surface area contributed by atoms with Crippen molar-refractivity contribution < 1.29 is 25.2 Å². The Morgan fingerprint density at radius 2 is 1.67 bits per heavy atom. The average Bonchev–Trinajstić information content (AvgIpc) is 2.15. The first-order valence-corrected chi connectivity index (χ1v) is 5.70. The highest BCUT2D eigenvalue weighted by Crippen LogP contribution is 2.30. The Morgan fingerprint density at radius 3 is 2.13 bits per heavy atom. The van der Waals surface area contributed by atoms with Gasteiger partial charge in [0.15, 0.2) is 0 Å². The average molecular weight is 258 g/mol. The minimum atomic E-state index is -5.53. The molecule has 0 aliphatic carbocycles. The van der Waals surface area contributed by atoms with Gasteiger partial charge in [0.25, 0.3) is 0 Å². The van der Waals surface area contributed by atoms with Crippen LogP contribution in [-0.2, 0) is 13.7 Å². The Morgan fingerprint density at radius 1 is 1.13 bits per heavy atom. The number of hydrogen-bond donors (Lipinski definition) is 0. The van der Waals surface area contributed by atoms with Crippen LogP contribution in [0.25, 0.3) is 0 Å². The summed E-state index contributed by atoms with van der Waals surface area (Å²) in [6, 6.07) is 7.59. The molecular formula is C7H5F3O3S2. The lowest BCUT2D eigenvalue weighted by Gasteiger charge is -2.06. The molecule has 0 fully saturated rings. The fraction of sp³-hybridized carbons (Fsp3) is 0.143. The molecule has 0 amide bonds. The standard InChI is InChI=1S/C7H5F3O3S2/c8-7(9,10)15(11,12)13-14-6-4-2-1-3-5-6/h1-5H. The summed E-state index contributed by atoms with van der Waals surface area (Å²) in [6.45, 7) is 0. The van der Waals surface area contributed by atoms with Gasteiger partial charge in [-0.25, -0.2) is 0 Å². The molecule has 0 heterocycles. The first-order chi connectivity index (χ1) is 6.83. The van der Waals surface area contributed by atoms with Gasteiger partial charge in [-0.05, 0) is 12.1 Å². The minimum Gasteiger partial charge on any atom is -0.189 e. The highest BCUT2D eigenvalue weighted by Gasteiger charge is 2.47. The van der Waals surface area contributed by atoms with Crippen LogP contribution in [0.15, 0.2) is 35.2 Å². The zero-order valence-electron chi connectivity index (χ0n) is 7.06. The first-order valence-electron chi connectivity index (χ1n) is 3.55. The second-order valence-corrected chi connectivity index (χ2v) is 4.92. The molecule has 0 aliphatic rings. The van der Waals surface area contributed by atoms with E-state index in [0.29, 0.717) is 0 Å². The topological polar surface area (TPSA) is 43.4 Å². The summed E-state index contributed by atoms with van der Waals surface area (Å²) >= 11 is 0.146. The molecule has 84 valence electrons. The largest absolute Gasteiger partial charge is 0.524 e. The molecule has 1 aromatic rings. The van der Waals surface area contributed by atoms with Crippen LogP contribution >= 0.6 is 12.0 Å². The Hall–Kier alpha value is -0.730. The van der Waals surface area contributed by atoms with Gasteiger partial charge >= 0.3 is 15.6 Å². The molecule has 0 unspecified atom stereocenters. The van der Waals surface area contributed by atoms with Gasteiger partial charge in [0.2, 0.25) is 0 Å². The van der Waals surface area contributed by atoms with Crippen molar-refractivity contribution in [2.24, 2.45) is 0 Å². The van der Waals surface area contributed by atoms with Crippen molar-refractivity contribution in [1.82, 2.24) is 0 Å². The van der Waals surface area contributed by atoms with Gasteiger partial charge in [-0.3, -0.25) is 0 Å². The van der Waals surface area contributed by atoms with Crippen LogP contribution in [-0.4, -0.2) is 13.9 Å². The molecule has 0 bridgehead atoms. The summed E-state index contributed by atoms with van der Waals surface area (Å²) in [5.74, 6) is 0. The van der Waals surface area contributed by atoms with Gasteiger partial charge in [0, 0.05) is 16.9 Å². The summed E-state index contributed by atoms with van der Waals surface area (Å²) in [4.78, 5) is 0.269. The lowest BCUT2D eigenvalue weighted by atomic mass is 10.4. The second-order valence-electron chi connectivity index (χ2n) is 2.36. The highest BCUT2D eigenvalue weighted by molar-refractivity contribution is 8.04. The van der Waals surface area contributed by atoms with Crippen LogP contribution in [0.4, 0.5) is 13.2 Å². The Balaban J connectivity index is 2.67. The van der Waals surface area contributed by atoms with Crippen LogP contribution in [0.5, 0.6) is 0 Å². The zero-order valence-corrected chi connectivity index (χ0v) is 8.69. The summed E-state index contributed by atoms with van der Waals surface area (Å²) in [5.41, 5.74) is -5.39. The normalized spacial score (nSPS) is 12.7. The van der Waals surface area contributed by atoms with E-state index in [0.717, 1.165) is 0 Å². The first kappa shape index (κ1) is 12.3. The summed E-state index contributed by atoms with van der Waals surface area (Å²) < 4.78 is 60.1. The predicted octanol–water partition coefficient (Wildman–Crippen LogP) is 2.56. The summed E-state index contributed by atoms with van der Waals surface area (Å²) in [6.07, 6.45) is 0. The van der Waals surface area contributed by atoms with Crippen molar-refractivity contribution in [3.05, 3.63) is 30.3 Å². The maximum atomic E-state index is 11.8. The summed E-state index contributed by atoms with van der Waals surface area (Å²) in [5, 5.41) is 0. The lowest BCUT2D eigenvalue weighted by Crippen LogP contribution is -2.23. The van der Waals surface area contributed by atoms with Gasteiger partial charge in [0.05, 0.1) is 0 Å². The third-order valence-electron chi connectivity index (χ3n) is 1.25. The van der Waals surface area contributed by atoms with Gasteiger partial charge in [0.1, 0.15) is 0 Å². The van der Waals surface area contributed by atoms with Crippen LogP contribution in [0.1, 0.15) is 0 Å². The molecule has 0 aromatic heterocycles. The molecule has 0 N–H and O–H groups in total. The number of rotatable bonds is 3. The van der Waals surface area contributed by atoms with Crippen molar-refractivity contribution in [3.63, 3.8) is 0 Å². The van der Waals surface area contributed by atoms with E-state index in [-0.39, 0.29) is 16.9 Å². The van der Waals surface area contributed by atoms with E-state index in [1.165, 1.54) is 12.1 Å². The molecule has 1 rings (SSSR count). The molecule has 0 spiro atoms. The number of alkyl halides is 3. The minimum absolute atomic E-state index is 0.146. The fourth-order valence-electron chi connectivity index (χ4n) is 0.599. The van der Waals surface area contributed by atoms with E-state index in [9.17, 15) is 21.6 Å². The van der Waals surface area contributed by atoms with Crippen LogP contribution in [0.2, 0.25) is 0 Å². The molecule has 0 saturated carbocycles. The van der Waals surface area contributed by atoms with E-state index in [1.807, 2.05) is 0 Å². The van der Waals surface area contributed by atoms with Crippen LogP contribution in [0.3, 0.4) is 0 Å². The lowest BCUT2D eigenvalue weighted by molar-refractivity contribution is -0.0494. The fourth-order valence-corrected chi connectivity index (χ4v) is 1.85. The number of hydrogen-bond acceptors (Lipinski definition) is 4. The molecule has 0 radical (unpaired) electrons. The molecule has 8 heteroatoms. The third-order valence-corrected chi connectivity index (χ3v) is 3.27. The molecule has 15 heavy (non-hydrogen) atoms. The highest BCUT2D eigenvalue weighted by atomic mass is 32.3. The third kappa shape index (κ3) is 3.40. The van der Waals surface area contributed by atoms with Crippen molar-refractivity contribution >= 4 is 22.2 Å². The van der Waals surface area contributed by atoms with Gasteiger partial charge in [-0.1, -0.05) is 18.2 Å². The molecule has 0 atom stereocenters. The Bertz CT molecular complexity index is 413. The van der Waals surface area contributed by atoms with Gasteiger partial charge in [-0.15, -0.1) is 0 Å². The second kappa shape index (κ2) is 4.42. The molecule has 0 saturated heterocycles. The van der Waals surface area contributed by atoms with Crippen LogP contribution < -0.4 is 0 Å². The van der Waals surface area contributed by atoms with E-state index in [4.69, 9.17) is 0 Å². The van der Waals surface area contributed by atoms with Crippen molar-refractivity contribution in [1.29, 1.82) is 0 Å².